The fourth-order valence-corrected chi connectivity index (χ4v) is 2.90. The van der Waals surface area contributed by atoms with Gasteiger partial charge in [0.15, 0.2) is 5.82 Å². The highest BCUT2D eigenvalue weighted by Gasteiger charge is 2.22. The number of hydrogen-bond acceptors (Lipinski definition) is 4. The summed E-state index contributed by atoms with van der Waals surface area (Å²) in [6, 6.07) is 12.8. The van der Waals surface area contributed by atoms with Crippen molar-refractivity contribution in [2.45, 2.75) is 12.5 Å². The molecule has 1 aliphatic rings. The minimum absolute atomic E-state index is 0.557. The van der Waals surface area contributed by atoms with Gasteiger partial charge in [-0.15, -0.1) is 10.2 Å². The Morgan fingerprint density at radius 2 is 2.15 bits per heavy atom. The molecule has 3 rings (SSSR count). The van der Waals surface area contributed by atoms with Gasteiger partial charge in [-0.25, -0.2) is 0 Å². The predicted molar refractivity (Wildman–Crippen MR) is 84.8 cm³/mol. The number of anilines is 1. The Labute approximate surface area is 127 Å². The van der Waals surface area contributed by atoms with E-state index < -0.39 is 0 Å². The number of rotatable bonds is 3. The van der Waals surface area contributed by atoms with Gasteiger partial charge in [-0.05, 0) is 37.7 Å². The smallest absolute Gasteiger partial charge is 0.151 e. The van der Waals surface area contributed by atoms with E-state index in [1.54, 1.807) is 0 Å². The molecule has 104 valence electrons. The van der Waals surface area contributed by atoms with Crippen molar-refractivity contribution in [3.05, 3.63) is 40.9 Å². The molecule has 4 nitrogen and oxygen atoms in total. The number of nitrogens with one attached hydrogen (secondary N) is 1. The van der Waals surface area contributed by atoms with E-state index in [2.05, 4.69) is 48.5 Å². The summed E-state index contributed by atoms with van der Waals surface area (Å²) < 4.78 is 1.05. The van der Waals surface area contributed by atoms with Gasteiger partial charge in [-0.3, -0.25) is 0 Å². The van der Waals surface area contributed by atoms with Gasteiger partial charge in [0.25, 0.3) is 0 Å². The molecule has 1 fully saturated rings. The summed E-state index contributed by atoms with van der Waals surface area (Å²) >= 11 is 3.48. The lowest BCUT2D eigenvalue weighted by Gasteiger charge is -2.16. The van der Waals surface area contributed by atoms with E-state index in [4.69, 9.17) is 0 Å². The van der Waals surface area contributed by atoms with Gasteiger partial charge in [0.05, 0.1) is 5.69 Å². The van der Waals surface area contributed by atoms with Crippen LogP contribution in [0.15, 0.2) is 40.9 Å². The van der Waals surface area contributed by atoms with Crippen molar-refractivity contribution >= 4 is 21.7 Å². The molecule has 1 N–H and O–H groups in total. The SMILES string of the molecule is CNC1CCN(c2ccc(-c3cccc(Br)c3)nn2)C1. The van der Waals surface area contributed by atoms with E-state index in [0.29, 0.717) is 6.04 Å². The molecule has 1 aromatic carbocycles. The van der Waals surface area contributed by atoms with Crippen LogP contribution >= 0.6 is 15.9 Å². The van der Waals surface area contributed by atoms with E-state index >= 15 is 0 Å². The van der Waals surface area contributed by atoms with Gasteiger partial charge in [0.2, 0.25) is 0 Å². The van der Waals surface area contributed by atoms with Crippen LogP contribution in [0, 0.1) is 0 Å². The minimum Gasteiger partial charge on any atom is -0.354 e. The second-order valence-corrected chi connectivity index (χ2v) is 5.92. The van der Waals surface area contributed by atoms with E-state index in [-0.39, 0.29) is 0 Å². The summed E-state index contributed by atoms with van der Waals surface area (Å²) in [5.41, 5.74) is 1.98. The molecule has 0 aliphatic carbocycles. The van der Waals surface area contributed by atoms with Crippen molar-refractivity contribution in [3.8, 4) is 11.3 Å². The molecule has 0 saturated carbocycles. The number of halogens is 1. The van der Waals surface area contributed by atoms with Crippen LogP contribution in [-0.2, 0) is 0 Å². The lowest BCUT2D eigenvalue weighted by molar-refractivity contribution is 0.616. The molecule has 1 aromatic heterocycles. The molecule has 5 heteroatoms. The van der Waals surface area contributed by atoms with Crippen LogP contribution in [0.4, 0.5) is 5.82 Å². The first kappa shape index (κ1) is 13.5. The number of benzene rings is 1. The third-order valence-electron chi connectivity index (χ3n) is 3.69. The van der Waals surface area contributed by atoms with Crippen molar-refractivity contribution < 1.29 is 0 Å². The van der Waals surface area contributed by atoms with Crippen molar-refractivity contribution in [1.82, 2.24) is 15.5 Å². The van der Waals surface area contributed by atoms with Gasteiger partial charge in [0, 0.05) is 29.2 Å². The fourth-order valence-electron chi connectivity index (χ4n) is 2.50. The molecule has 2 heterocycles. The monoisotopic (exact) mass is 332 g/mol. The van der Waals surface area contributed by atoms with Gasteiger partial charge in [-0.2, -0.15) is 0 Å². The number of nitrogens with zero attached hydrogens (tertiary/aromatic N) is 3. The molecule has 0 bridgehead atoms. The number of likely N-dealkylation sites (N-methyl/N-ethyl adjacent to an activating group) is 1. The van der Waals surface area contributed by atoms with E-state index in [9.17, 15) is 0 Å². The Kier molecular flexibility index (Phi) is 3.98. The molecule has 1 unspecified atom stereocenters. The molecule has 0 amide bonds. The summed E-state index contributed by atoms with van der Waals surface area (Å²) in [6.07, 6.45) is 1.16. The zero-order chi connectivity index (χ0) is 13.9. The molecule has 2 aromatic rings. The molecule has 20 heavy (non-hydrogen) atoms. The van der Waals surface area contributed by atoms with Crippen molar-refractivity contribution in [2.24, 2.45) is 0 Å². The molecule has 1 aliphatic heterocycles. The maximum atomic E-state index is 4.37. The van der Waals surface area contributed by atoms with Crippen molar-refractivity contribution in [1.29, 1.82) is 0 Å². The second-order valence-electron chi connectivity index (χ2n) is 5.01. The lowest BCUT2D eigenvalue weighted by atomic mass is 10.1. The molecular weight excluding hydrogens is 316 g/mol. The Balaban J connectivity index is 1.78. The predicted octanol–water partition coefficient (Wildman–Crippen LogP) is 2.70. The van der Waals surface area contributed by atoms with Crippen LogP contribution in [0.5, 0.6) is 0 Å². The third kappa shape index (κ3) is 2.83. The van der Waals surface area contributed by atoms with Crippen LogP contribution in [-0.4, -0.2) is 36.4 Å². The van der Waals surface area contributed by atoms with Crippen LogP contribution in [0.25, 0.3) is 11.3 Å². The minimum atomic E-state index is 0.557. The Morgan fingerprint density at radius 1 is 1.25 bits per heavy atom. The van der Waals surface area contributed by atoms with E-state index in [1.165, 1.54) is 0 Å². The standard InChI is InChI=1S/C15H17BrN4/c1-17-13-7-8-20(10-13)15-6-5-14(18-19-15)11-3-2-4-12(16)9-11/h2-6,9,13,17H,7-8,10H2,1H3. The number of hydrogen-bond donors (Lipinski definition) is 1. The maximum absolute atomic E-state index is 4.37. The summed E-state index contributed by atoms with van der Waals surface area (Å²) in [7, 11) is 2.01. The highest BCUT2D eigenvalue weighted by Crippen LogP contribution is 2.23. The zero-order valence-corrected chi connectivity index (χ0v) is 13.0. The molecular formula is C15H17BrN4. The van der Waals surface area contributed by atoms with Crippen LogP contribution in [0.3, 0.4) is 0 Å². The van der Waals surface area contributed by atoms with Crippen molar-refractivity contribution in [2.75, 3.05) is 25.0 Å². The van der Waals surface area contributed by atoms with E-state index in [0.717, 1.165) is 41.1 Å². The van der Waals surface area contributed by atoms with Crippen molar-refractivity contribution in [3.63, 3.8) is 0 Å². The number of aromatic nitrogens is 2. The summed E-state index contributed by atoms with van der Waals surface area (Å²) in [6.45, 7) is 2.04. The first-order valence-corrected chi connectivity index (χ1v) is 7.57. The lowest BCUT2D eigenvalue weighted by Crippen LogP contribution is -2.29. The average molecular weight is 333 g/mol. The quantitative estimate of drug-likeness (QED) is 0.938. The summed E-state index contributed by atoms with van der Waals surface area (Å²) in [4.78, 5) is 2.28. The van der Waals surface area contributed by atoms with Crippen LogP contribution < -0.4 is 10.2 Å². The highest BCUT2D eigenvalue weighted by atomic mass is 79.9. The zero-order valence-electron chi connectivity index (χ0n) is 11.4. The van der Waals surface area contributed by atoms with Gasteiger partial charge in [0.1, 0.15) is 0 Å². The third-order valence-corrected chi connectivity index (χ3v) is 4.18. The summed E-state index contributed by atoms with van der Waals surface area (Å²) in [5, 5.41) is 12.0. The van der Waals surface area contributed by atoms with Gasteiger partial charge >= 0.3 is 0 Å². The van der Waals surface area contributed by atoms with Crippen LogP contribution in [0.2, 0.25) is 0 Å². The first-order valence-electron chi connectivity index (χ1n) is 6.78. The van der Waals surface area contributed by atoms with Crippen LogP contribution in [0.1, 0.15) is 6.42 Å². The van der Waals surface area contributed by atoms with E-state index in [1.807, 2.05) is 31.3 Å². The maximum Gasteiger partial charge on any atom is 0.151 e. The molecule has 0 spiro atoms. The van der Waals surface area contributed by atoms with Gasteiger partial charge in [-0.1, -0.05) is 28.1 Å². The van der Waals surface area contributed by atoms with Gasteiger partial charge < -0.3 is 10.2 Å². The largest absolute Gasteiger partial charge is 0.354 e. The normalized spacial score (nSPS) is 18.5. The highest BCUT2D eigenvalue weighted by molar-refractivity contribution is 9.10. The fraction of sp³-hybridized carbons (Fsp3) is 0.333. The Bertz CT molecular complexity index is 585. The topological polar surface area (TPSA) is 41.0 Å². The first-order chi connectivity index (χ1) is 9.76. The molecule has 0 radical (unpaired) electrons. The second kappa shape index (κ2) is 5.89. The molecule has 1 atom stereocenters. The summed E-state index contributed by atoms with van der Waals surface area (Å²) in [5.74, 6) is 0.960. The Morgan fingerprint density at radius 3 is 2.80 bits per heavy atom. The Hall–Kier alpha value is -1.46. The average Bonchev–Trinajstić information content (AvgIpc) is 2.96. The molecule has 1 saturated heterocycles.